The van der Waals surface area contributed by atoms with E-state index in [1.807, 2.05) is 16.8 Å². The Morgan fingerprint density at radius 3 is 3.00 bits per heavy atom. The third-order valence-electron chi connectivity index (χ3n) is 3.83. The Morgan fingerprint density at radius 2 is 2.11 bits per heavy atom. The minimum Gasteiger partial charge on any atom is -0.349 e. The van der Waals surface area contributed by atoms with Crippen molar-refractivity contribution in [2.24, 2.45) is 0 Å². The Balaban J connectivity index is 1.70. The van der Waals surface area contributed by atoms with Crippen molar-refractivity contribution in [2.75, 3.05) is 31.2 Å². The van der Waals surface area contributed by atoms with Crippen molar-refractivity contribution >= 4 is 11.3 Å². The Kier molecular flexibility index (Phi) is 2.46. The van der Waals surface area contributed by atoms with Gasteiger partial charge in [-0.3, -0.25) is 0 Å². The van der Waals surface area contributed by atoms with Crippen molar-refractivity contribution in [3.63, 3.8) is 0 Å². The van der Waals surface area contributed by atoms with E-state index in [9.17, 15) is 0 Å². The molecule has 0 atom stereocenters. The summed E-state index contributed by atoms with van der Waals surface area (Å²) in [4.78, 5) is 6.75. The van der Waals surface area contributed by atoms with E-state index < -0.39 is 5.79 Å². The normalized spacial score (nSPS) is 22.4. The number of hydrogen-bond donors (Lipinski definition) is 0. The van der Waals surface area contributed by atoms with Gasteiger partial charge in [-0.25, -0.2) is 9.50 Å². The zero-order valence-corrected chi connectivity index (χ0v) is 10.7. The maximum Gasteiger partial charge on any atom is 0.186 e. The molecule has 2 aliphatic heterocycles. The Hall–Kier alpha value is -1.66. The molecule has 0 unspecified atom stereocenters. The minimum absolute atomic E-state index is 0.424. The average molecular weight is 260 g/mol. The summed E-state index contributed by atoms with van der Waals surface area (Å²) < 4.78 is 13.5. The van der Waals surface area contributed by atoms with Crippen LogP contribution in [0.15, 0.2) is 24.7 Å². The molecule has 0 aromatic carbocycles. The van der Waals surface area contributed by atoms with Gasteiger partial charge in [-0.15, -0.1) is 0 Å². The highest BCUT2D eigenvalue weighted by Crippen LogP contribution is 2.33. The first-order chi connectivity index (χ1) is 9.36. The molecule has 4 heterocycles. The molecular weight excluding hydrogens is 244 g/mol. The van der Waals surface area contributed by atoms with Gasteiger partial charge in [0.05, 0.1) is 26.0 Å². The number of rotatable bonds is 1. The SMILES string of the molecule is c1cn2nccc2c(N2CCCC3(C2)OCCO3)n1. The van der Waals surface area contributed by atoms with E-state index in [1.165, 1.54) is 0 Å². The zero-order valence-electron chi connectivity index (χ0n) is 10.7. The fourth-order valence-corrected chi connectivity index (χ4v) is 2.99. The standard InChI is InChI=1S/C13H16N4O2/c1-3-13(18-8-9-19-13)10-16(6-1)12-11-2-4-15-17(11)7-5-14-12/h2,4-5,7H,1,3,6,8-10H2. The topological polar surface area (TPSA) is 51.9 Å². The van der Waals surface area contributed by atoms with Crippen molar-refractivity contribution in [1.82, 2.24) is 14.6 Å². The van der Waals surface area contributed by atoms with Crippen LogP contribution in [-0.2, 0) is 9.47 Å². The highest BCUT2D eigenvalue weighted by atomic mass is 16.7. The maximum absolute atomic E-state index is 5.81. The van der Waals surface area contributed by atoms with E-state index in [2.05, 4.69) is 15.0 Å². The Bertz CT molecular complexity index is 591. The summed E-state index contributed by atoms with van der Waals surface area (Å²) in [6.45, 7) is 3.10. The minimum atomic E-state index is -0.424. The van der Waals surface area contributed by atoms with Gasteiger partial charge in [0.15, 0.2) is 11.6 Å². The second kappa shape index (κ2) is 4.18. The fourth-order valence-electron chi connectivity index (χ4n) is 2.99. The number of aromatic nitrogens is 3. The first-order valence-corrected chi connectivity index (χ1v) is 6.68. The van der Waals surface area contributed by atoms with Crippen molar-refractivity contribution in [2.45, 2.75) is 18.6 Å². The van der Waals surface area contributed by atoms with E-state index in [-0.39, 0.29) is 0 Å². The summed E-state index contributed by atoms with van der Waals surface area (Å²) in [5, 5.41) is 4.25. The van der Waals surface area contributed by atoms with Gasteiger partial charge in [0.25, 0.3) is 0 Å². The number of anilines is 1. The van der Waals surface area contributed by atoms with E-state index in [0.717, 1.165) is 37.3 Å². The monoisotopic (exact) mass is 260 g/mol. The van der Waals surface area contributed by atoms with Crippen LogP contribution < -0.4 is 4.90 Å². The third kappa shape index (κ3) is 1.79. The molecule has 2 fully saturated rings. The van der Waals surface area contributed by atoms with E-state index in [0.29, 0.717) is 13.2 Å². The molecule has 19 heavy (non-hydrogen) atoms. The van der Waals surface area contributed by atoms with Crippen LogP contribution in [0.4, 0.5) is 5.82 Å². The molecule has 0 amide bonds. The van der Waals surface area contributed by atoms with Crippen molar-refractivity contribution in [3.05, 3.63) is 24.7 Å². The molecule has 6 nitrogen and oxygen atoms in total. The lowest BCUT2D eigenvalue weighted by Gasteiger charge is -2.39. The van der Waals surface area contributed by atoms with Crippen LogP contribution in [0, 0.1) is 0 Å². The fraction of sp³-hybridized carbons (Fsp3) is 0.538. The van der Waals surface area contributed by atoms with Crippen molar-refractivity contribution < 1.29 is 9.47 Å². The van der Waals surface area contributed by atoms with Crippen molar-refractivity contribution in [1.29, 1.82) is 0 Å². The lowest BCUT2D eigenvalue weighted by Crippen LogP contribution is -2.49. The quantitative estimate of drug-likeness (QED) is 0.767. The molecule has 4 rings (SSSR count). The zero-order chi connectivity index (χ0) is 12.7. The molecule has 0 radical (unpaired) electrons. The maximum atomic E-state index is 5.81. The van der Waals surface area contributed by atoms with Crippen LogP contribution in [0.25, 0.3) is 5.52 Å². The van der Waals surface area contributed by atoms with Gasteiger partial charge in [-0.2, -0.15) is 5.10 Å². The summed E-state index contributed by atoms with van der Waals surface area (Å²) in [7, 11) is 0. The van der Waals surface area contributed by atoms with Gasteiger partial charge in [-0.05, 0) is 12.5 Å². The highest BCUT2D eigenvalue weighted by Gasteiger charge is 2.41. The number of piperidine rings is 1. The molecule has 0 bridgehead atoms. The summed E-state index contributed by atoms with van der Waals surface area (Å²) >= 11 is 0. The predicted molar refractivity (Wildman–Crippen MR) is 69.1 cm³/mol. The van der Waals surface area contributed by atoms with Crippen LogP contribution >= 0.6 is 0 Å². The highest BCUT2D eigenvalue weighted by molar-refractivity contribution is 5.68. The van der Waals surface area contributed by atoms with Gasteiger partial charge in [-0.1, -0.05) is 0 Å². The van der Waals surface area contributed by atoms with Gasteiger partial charge in [0.2, 0.25) is 0 Å². The van der Waals surface area contributed by atoms with Crippen LogP contribution in [0.3, 0.4) is 0 Å². The first-order valence-electron chi connectivity index (χ1n) is 6.68. The van der Waals surface area contributed by atoms with E-state index >= 15 is 0 Å². The molecule has 0 N–H and O–H groups in total. The molecule has 2 aliphatic rings. The van der Waals surface area contributed by atoms with E-state index in [1.54, 1.807) is 12.4 Å². The average Bonchev–Trinajstić information content (AvgIpc) is 3.07. The summed E-state index contributed by atoms with van der Waals surface area (Å²) in [5.74, 6) is 0.533. The second-order valence-electron chi connectivity index (χ2n) is 5.04. The molecule has 1 spiro atoms. The van der Waals surface area contributed by atoms with Crippen LogP contribution in [0.1, 0.15) is 12.8 Å². The molecule has 100 valence electrons. The third-order valence-corrected chi connectivity index (χ3v) is 3.83. The Labute approximate surface area is 110 Å². The van der Waals surface area contributed by atoms with Gasteiger partial charge in [0.1, 0.15) is 5.52 Å². The number of fused-ring (bicyclic) bond motifs is 1. The molecule has 6 heteroatoms. The van der Waals surface area contributed by atoms with Gasteiger partial charge < -0.3 is 14.4 Å². The second-order valence-corrected chi connectivity index (χ2v) is 5.04. The molecule has 2 saturated heterocycles. The summed E-state index contributed by atoms with van der Waals surface area (Å²) in [5.41, 5.74) is 1.03. The Morgan fingerprint density at radius 1 is 1.21 bits per heavy atom. The molecule has 0 aliphatic carbocycles. The van der Waals surface area contributed by atoms with Gasteiger partial charge >= 0.3 is 0 Å². The van der Waals surface area contributed by atoms with Crippen LogP contribution in [0.5, 0.6) is 0 Å². The van der Waals surface area contributed by atoms with Gasteiger partial charge in [0, 0.05) is 25.4 Å². The number of hydrogen-bond acceptors (Lipinski definition) is 5. The lowest BCUT2D eigenvalue weighted by molar-refractivity contribution is -0.161. The smallest absolute Gasteiger partial charge is 0.186 e. The molecule has 2 aromatic rings. The molecule has 0 saturated carbocycles. The largest absolute Gasteiger partial charge is 0.349 e. The first kappa shape index (κ1) is 11.2. The van der Waals surface area contributed by atoms with Crippen LogP contribution in [0.2, 0.25) is 0 Å². The molecular formula is C13H16N4O2. The molecule has 2 aromatic heterocycles. The number of nitrogens with zero attached hydrogens (tertiary/aromatic N) is 4. The van der Waals surface area contributed by atoms with Crippen LogP contribution in [-0.4, -0.2) is 46.7 Å². The predicted octanol–water partition coefficient (Wildman–Crippen LogP) is 1.07. The lowest BCUT2D eigenvalue weighted by atomic mass is 10.0. The summed E-state index contributed by atoms with van der Waals surface area (Å²) in [6.07, 6.45) is 7.46. The van der Waals surface area contributed by atoms with Crippen molar-refractivity contribution in [3.8, 4) is 0 Å². The van der Waals surface area contributed by atoms with E-state index in [4.69, 9.17) is 9.47 Å². The number of ether oxygens (including phenoxy) is 2. The summed E-state index contributed by atoms with van der Waals surface area (Å²) in [6, 6.07) is 1.99.